The number of hydrogen-bond donors (Lipinski definition) is 1. The molecule has 0 aliphatic carbocycles. The maximum absolute atomic E-state index is 5.78. The second kappa shape index (κ2) is 6.88. The van der Waals surface area contributed by atoms with E-state index in [0.717, 1.165) is 25.8 Å². The normalized spacial score (nSPS) is 34.7. The summed E-state index contributed by atoms with van der Waals surface area (Å²) < 4.78 is 5.78. The van der Waals surface area contributed by atoms with Crippen molar-refractivity contribution in [2.45, 2.75) is 51.5 Å². The van der Waals surface area contributed by atoms with E-state index < -0.39 is 0 Å². The van der Waals surface area contributed by atoms with Crippen LogP contribution < -0.4 is 5.32 Å². The molecule has 2 aliphatic rings. The van der Waals surface area contributed by atoms with Gasteiger partial charge in [-0.15, -0.1) is 0 Å². The first-order chi connectivity index (χ1) is 8.79. The van der Waals surface area contributed by atoms with Crippen LogP contribution in [0.2, 0.25) is 0 Å². The smallest absolute Gasteiger partial charge is 0.0546 e. The van der Waals surface area contributed by atoms with Crippen molar-refractivity contribution >= 4 is 0 Å². The number of likely N-dealkylation sites (tertiary alicyclic amines) is 1. The highest BCUT2D eigenvalue weighted by Crippen LogP contribution is 2.32. The van der Waals surface area contributed by atoms with Crippen molar-refractivity contribution in [1.82, 2.24) is 10.2 Å². The summed E-state index contributed by atoms with van der Waals surface area (Å²) in [6.45, 7) is 7.87. The van der Waals surface area contributed by atoms with Crippen molar-refractivity contribution in [3.05, 3.63) is 0 Å². The predicted octanol–water partition coefficient (Wildman–Crippen LogP) is 2.27. The number of nitrogens with zero attached hydrogens (tertiary/aromatic N) is 1. The summed E-state index contributed by atoms with van der Waals surface area (Å²) in [4.78, 5) is 2.75. The Morgan fingerprint density at radius 2 is 2.22 bits per heavy atom. The molecule has 0 bridgehead atoms. The monoisotopic (exact) mass is 254 g/mol. The molecule has 0 amide bonds. The predicted molar refractivity (Wildman–Crippen MR) is 75.9 cm³/mol. The third-order valence-electron chi connectivity index (χ3n) is 4.71. The van der Waals surface area contributed by atoms with E-state index in [1.807, 2.05) is 0 Å². The third-order valence-corrected chi connectivity index (χ3v) is 4.71. The lowest BCUT2D eigenvalue weighted by atomic mass is 9.80. The van der Waals surface area contributed by atoms with Gasteiger partial charge in [-0.2, -0.15) is 0 Å². The van der Waals surface area contributed by atoms with Crippen LogP contribution in [0.15, 0.2) is 0 Å². The maximum Gasteiger partial charge on any atom is 0.0546 e. The van der Waals surface area contributed by atoms with Gasteiger partial charge in [0.1, 0.15) is 0 Å². The third kappa shape index (κ3) is 3.46. The fourth-order valence-electron chi connectivity index (χ4n) is 3.77. The molecule has 1 N–H and O–H groups in total. The summed E-state index contributed by atoms with van der Waals surface area (Å²) in [6.07, 6.45) is 8.05. The van der Waals surface area contributed by atoms with E-state index in [4.69, 9.17) is 4.74 Å². The topological polar surface area (TPSA) is 24.5 Å². The molecule has 2 saturated heterocycles. The van der Waals surface area contributed by atoms with E-state index in [-0.39, 0.29) is 0 Å². The molecule has 2 unspecified atom stereocenters. The van der Waals surface area contributed by atoms with Crippen molar-refractivity contribution < 1.29 is 4.74 Å². The summed E-state index contributed by atoms with van der Waals surface area (Å²) in [5.41, 5.74) is 0.359. The molecule has 0 aromatic heterocycles. The molecule has 3 heteroatoms. The Labute approximate surface area is 112 Å². The SMILES string of the molecule is CCC1CCCCN1CC1(CNC)CCCOC1. The van der Waals surface area contributed by atoms with Gasteiger partial charge in [0.05, 0.1) is 6.61 Å². The average molecular weight is 254 g/mol. The lowest BCUT2D eigenvalue weighted by molar-refractivity contribution is -0.0371. The molecule has 0 radical (unpaired) electrons. The standard InChI is InChI=1S/C15H30N2O/c1-3-14-7-4-5-9-17(14)12-15(11-16-2)8-6-10-18-13-15/h14,16H,3-13H2,1-2H3. The Balaban J connectivity index is 1.98. The highest BCUT2D eigenvalue weighted by Gasteiger charge is 2.36. The minimum absolute atomic E-state index is 0.359. The van der Waals surface area contributed by atoms with E-state index >= 15 is 0 Å². The van der Waals surface area contributed by atoms with Crippen molar-refractivity contribution in [3.63, 3.8) is 0 Å². The maximum atomic E-state index is 5.78. The van der Waals surface area contributed by atoms with Gasteiger partial charge in [-0.3, -0.25) is 4.90 Å². The van der Waals surface area contributed by atoms with Gasteiger partial charge in [0, 0.05) is 31.2 Å². The summed E-state index contributed by atoms with van der Waals surface area (Å²) in [7, 11) is 2.07. The van der Waals surface area contributed by atoms with Crippen LogP contribution in [0, 0.1) is 5.41 Å². The van der Waals surface area contributed by atoms with Gasteiger partial charge in [-0.25, -0.2) is 0 Å². The molecule has 2 aliphatic heterocycles. The Kier molecular flexibility index (Phi) is 5.46. The number of hydrogen-bond acceptors (Lipinski definition) is 3. The van der Waals surface area contributed by atoms with Crippen molar-refractivity contribution in [2.24, 2.45) is 5.41 Å². The second-order valence-electron chi connectivity index (χ2n) is 6.21. The molecule has 0 aromatic rings. The molecule has 106 valence electrons. The molecular formula is C15H30N2O. The molecule has 2 heterocycles. The zero-order chi connectivity index (χ0) is 12.8. The Bertz CT molecular complexity index is 233. The molecule has 0 spiro atoms. The van der Waals surface area contributed by atoms with Gasteiger partial charge < -0.3 is 10.1 Å². The van der Waals surface area contributed by atoms with Gasteiger partial charge in [0.2, 0.25) is 0 Å². The van der Waals surface area contributed by atoms with Crippen LogP contribution in [0.3, 0.4) is 0 Å². The van der Waals surface area contributed by atoms with E-state index in [0.29, 0.717) is 5.41 Å². The van der Waals surface area contributed by atoms with Gasteiger partial charge in [0.25, 0.3) is 0 Å². The first-order valence-electron chi connectivity index (χ1n) is 7.76. The molecule has 2 atom stereocenters. The van der Waals surface area contributed by atoms with Crippen molar-refractivity contribution in [3.8, 4) is 0 Å². The zero-order valence-corrected chi connectivity index (χ0v) is 12.2. The Morgan fingerprint density at radius 3 is 2.89 bits per heavy atom. The lowest BCUT2D eigenvalue weighted by Gasteiger charge is -2.45. The molecule has 0 saturated carbocycles. The Morgan fingerprint density at radius 1 is 1.33 bits per heavy atom. The van der Waals surface area contributed by atoms with Crippen LogP contribution in [0.1, 0.15) is 45.4 Å². The minimum atomic E-state index is 0.359. The summed E-state index contributed by atoms with van der Waals surface area (Å²) in [5.74, 6) is 0. The van der Waals surface area contributed by atoms with Crippen LogP contribution in [-0.2, 0) is 4.74 Å². The van der Waals surface area contributed by atoms with Crippen LogP contribution in [0.25, 0.3) is 0 Å². The largest absolute Gasteiger partial charge is 0.381 e. The van der Waals surface area contributed by atoms with Crippen LogP contribution in [0.5, 0.6) is 0 Å². The summed E-state index contributed by atoms with van der Waals surface area (Å²) in [6, 6.07) is 0.814. The first-order valence-corrected chi connectivity index (χ1v) is 7.76. The van der Waals surface area contributed by atoms with Gasteiger partial charge in [0.15, 0.2) is 0 Å². The minimum Gasteiger partial charge on any atom is -0.381 e. The summed E-state index contributed by atoms with van der Waals surface area (Å²) in [5, 5.41) is 3.39. The highest BCUT2D eigenvalue weighted by molar-refractivity contribution is 4.89. The van der Waals surface area contributed by atoms with Crippen molar-refractivity contribution in [2.75, 3.05) is 39.9 Å². The number of nitrogens with one attached hydrogen (secondary N) is 1. The van der Waals surface area contributed by atoms with Gasteiger partial charge in [-0.1, -0.05) is 13.3 Å². The van der Waals surface area contributed by atoms with E-state index in [1.165, 1.54) is 51.6 Å². The van der Waals surface area contributed by atoms with Crippen LogP contribution >= 0.6 is 0 Å². The second-order valence-corrected chi connectivity index (χ2v) is 6.21. The number of rotatable bonds is 5. The fraction of sp³-hybridized carbons (Fsp3) is 1.00. The molecule has 2 fully saturated rings. The molecule has 18 heavy (non-hydrogen) atoms. The van der Waals surface area contributed by atoms with Gasteiger partial charge in [-0.05, 0) is 45.7 Å². The molecule has 0 aromatic carbocycles. The van der Waals surface area contributed by atoms with Crippen LogP contribution in [-0.4, -0.2) is 50.8 Å². The van der Waals surface area contributed by atoms with E-state index in [9.17, 15) is 0 Å². The zero-order valence-electron chi connectivity index (χ0n) is 12.2. The van der Waals surface area contributed by atoms with E-state index in [2.05, 4.69) is 24.2 Å². The molecule has 2 rings (SSSR count). The van der Waals surface area contributed by atoms with E-state index in [1.54, 1.807) is 0 Å². The highest BCUT2D eigenvalue weighted by atomic mass is 16.5. The quantitative estimate of drug-likeness (QED) is 0.814. The first kappa shape index (κ1) is 14.3. The van der Waals surface area contributed by atoms with Gasteiger partial charge >= 0.3 is 0 Å². The number of piperidine rings is 1. The fourth-order valence-corrected chi connectivity index (χ4v) is 3.77. The Hall–Kier alpha value is -0.120. The average Bonchev–Trinajstić information content (AvgIpc) is 2.40. The van der Waals surface area contributed by atoms with Crippen molar-refractivity contribution in [1.29, 1.82) is 0 Å². The molecule has 3 nitrogen and oxygen atoms in total. The van der Waals surface area contributed by atoms with Crippen LogP contribution in [0.4, 0.5) is 0 Å². The molecular weight excluding hydrogens is 224 g/mol. The number of ether oxygens (including phenoxy) is 1. The lowest BCUT2D eigenvalue weighted by Crippen LogP contribution is -2.52. The summed E-state index contributed by atoms with van der Waals surface area (Å²) >= 11 is 0.